The van der Waals surface area contributed by atoms with Gasteiger partial charge >= 0.3 is 0 Å². The van der Waals surface area contributed by atoms with Crippen LogP contribution in [0.25, 0.3) is 0 Å². The molecule has 12 heteroatoms. The highest BCUT2D eigenvalue weighted by molar-refractivity contribution is 9.10. The van der Waals surface area contributed by atoms with Crippen molar-refractivity contribution in [2.45, 2.75) is 9.96 Å². The first-order chi connectivity index (χ1) is 13.1. The Labute approximate surface area is 189 Å². The number of nitro benzene ring substituents is 1. The number of nitrogens with zero attached hydrogens (tertiary/aromatic N) is 1. The van der Waals surface area contributed by atoms with Crippen LogP contribution in [-0.2, 0) is 0 Å². The third kappa shape index (κ3) is 6.75. The molecule has 0 unspecified atom stereocenters. The lowest BCUT2D eigenvalue weighted by molar-refractivity contribution is -0.384. The molecule has 0 aliphatic rings. The quantitative estimate of drug-likeness (QED) is 0.171. The van der Waals surface area contributed by atoms with Gasteiger partial charge in [-0.2, -0.15) is 0 Å². The van der Waals surface area contributed by atoms with Crippen LogP contribution in [0.5, 0.6) is 0 Å². The zero-order valence-corrected chi connectivity index (χ0v) is 18.5. The van der Waals surface area contributed by atoms with Crippen LogP contribution in [0.1, 0.15) is 10.4 Å². The van der Waals surface area contributed by atoms with Gasteiger partial charge in [0.25, 0.3) is 11.6 Å². The van der Waals surface area contributed by atoms with Gasteiger partial charge in [0.05, 0.1) is 4.92 Å². The van der Waals surface area contributed by atoms with Gasteiger partial charge in [-0.3, -0.25) is 14.9 Å². The van der Waals surface area contributed by atoms with Gasteiger partial charge in [0.1, 0.15) is 6.17 Å². The summed E-state index contributed by atoms with van der Waals surface area (Å²) in [7, 11) is 0. The Morgan fingerprint density at radius 1 is 1.07 bits per heavy atom. The summed E-state index contributed by atoms with van der Waals surface area (Å²) in [6.45, 7) is 0. The molecular formula is C16H12BrCl3N4O3S. The fraction of sp³-hybridized carbons (Fsp3) is 0.125. The van der Waals surface area contributed by atoms with E-state index in [0.29, 0.717) is 11.3 Å². The average molecular weight is 527 g/mol. The number of amides is 1. The number of thiocarbonyl (C=S) groups is 1. The Balaban J connectivity index is 2.04. The average Bonchev–Trinajstić information content (AvgIpc) is 2.61. The topological polar surface area (TPSA) is 96.3 Å². The zero-order chi connectivity index (χ0) is 20.9. The number of alkyl halides is 3. The number of carbonyl (C=O) groups excluding carboxylic acids is 1. The van der Waals surface area contributed by atoms with E-state index >= 15 is 0 Å². The SMILES string of the molecule is O=C(N[C@H](NC(=S)Nc1ccc([N+](=O)[O-])cc1)C(Cl)(Cl)Cl)c1ccc(Br)cc1. The summed E-state index contributed by atoms with van der Waals surface area (Å²) in [6.07, 6.45) is -1.15. The van der Waals surface area contributed by atoms with E-state index in [2.05, 4.69) is 31.9 Å². The first kappa shape index (κ1) is 22.6. The summed E-state index contributed by atoms with van der Waals surface area (Å²) in [5, 5.41) is 18.8. The van der Waals surface area contributed by atoms with E-state index < -0.39 is 20.8 Å². The highest BCUT2D eigenvalue weighted by Gasteiger charge is 2.34. The molecule has 0 aliphatic carbocycles. The molecule has 0 saturated carbocycles. The molecule has 148 valence electrons. The Morgan fingerprint density at radius 3 is 2.14 bits per heavy atom. The summed E-state index contributed by atoms with van der Waals surface area (Å²) in [5.74, 6) is -0.477. The molecule has 0 fully saturated rings. The molecule has 3 N–H and O–H groups in total. The van der Waals surface area contributed by atoms with Crippen LogP contribution in [-0.4, -0.2) is 25.9 Å². The Hall–Kier alpha value is -1.65. The Kier molecular flexibility index (Phi) is 7.85. The second-order valence-corrected chi connectivity index (χ2v) is 9.05. The number of anilines is 1. The molecule has 2 aromatic rings. The first-order valence-corrected chi connectivity index (χ1v) is 9.85. The lowest BCUT2D eigenvalue weighted by Crippen LogP contribution is -2.56. The smallest absolute Gasteiger partial charge is 0.269 e. The van der Waals surface area contributed by atoms with Crippen molar-refractivity contribution in [1.82, 2.24) is 10.6 Å². The van der Waals surface area contributed by atoms with Gasteiger partial charge in [0.2, 0.25) is 3.79 Å². The lowest BCUT2D eigenvalue weighted by atomic mass is 10.2. The molecule has 2 rings (SSSR count). The molecule has 2 aromatic carbocycles. The maximum atomic E-state index is 12.4. The maximum Gasteiger partial charge on any atom is 0.269 e. The molecule has 0 heterocycles. The van der Waals surface area contributed by atoms with E-state index in [9.17, 15) is 14.9 Å². The van der Waals surface area contributed by atoms with Crippen molar-refractivity contribution in [1.29, 1.82) is 0 Å². The molecule has 7 nitrogen and oxygen atoms in total. The van der Waals surface area contributed by atoms with Gasteiger partial charge in [-0.15, -0.1) is 0 Å². The van der Waals surface area contributed by atoms with Crippen molar-refractivity contribution in [3.63, 3.8) is 0 Å². The third-order valence-corrected chi connectivity index (χ3v) is 4.72. The standard InChI is InChI=1S/C16H12BrCl3N4O3S/c17-10-3-1-9(2-4-10)13(25)22-14(16(18,19)20)23-15(28)21-11-5-7-12(8-6-11)24(26)27/h1-8,14H,(H,22,25)(H2,21,23,28)/t14-/m1/s1. The van der Waals surface area contributed by atoms with Crippen molar-refractivity contribution >= 4 is 85.3 Å². The molecule has 1 amide bonds. The number of hydrogen-bond acceptors (Lipinski definition) is 4. The van der Waals surface area contributed by atoms with E-state index in [-0.39, 0.29) is 10.8 Å². The predicted molar refractivity (Wildman–Crippen MR) is 118 cm³/mol. The molecule has 0 saturated heterocycles. The summed E-state index contributed by atoms with van der Waals surface area (Å²) in [5.41, 5.74) is 0.772. The summed E-state index contributed by atoms with van der Waals surface area (Å²) < 4.78 is -1.10. The van der Waals surface area contributed by atoms with Gasteiger partial charge in [-0.1, -0.05) is 50.7 Å². The van der Waals surface area contributed by atoms with Crippen molar-refractivity contribution in [2.75, 3.05) is 5.32 Å². The van der Waals surface area contributed by atoms with Gasteiger partial charge in [-0.25, -0.2) is 0 Å². The number of carbonyl (C=O) groups is 1. The van der Waals surface area contributed by atoms with Crippen LogP contribution >= 0.6 is 63.0 Å². The largest absolute Gasteiger partial charge is 0.339 e. The van der Waals surface area contributed by atoms with Gasteiger partial charge in [0, 0.05) is 27.9 Å². The van der Waals surface area contributed by atoms with Crippen molar-refractivity contribution < 1.29 is 9.72 Å². The summed E-state index contributed by atoms with van der Waals surface area (Å²) >= 11 is 26.3. The number of nitro groups is 1. The van der Waals surface area contributed by atoms with E-state index in [1.54, 1.807) is 24.3 Å². The van der Waals surface area contributed by atoms with Crippen molar-refractivity contribution in [3.8, 4) is 0 Å². The van der Waals surface area contributed by atoms with E-state index in [1.165, 1.54) is 24.3 Å². The number of benzene rings is 2. The van der Waals surface area contributed by atoms with E-state index in [4.69, 9.17) is 47.0 Å². The van der Waals surface area contributed by atoms with Crippen LogP contribution in [0.15, 0.2) is 53.0 Å². The number of non-ortho nitro benzene ring substituents is 1. The van der Waals surface area contributed by atoms with Crippen LogP contribution in [0.2, 0.25) is 0 Å². The molecule has 0 aliphatic heterocycles. The second kappa shape index (κ2) is 9.71. The minimum absolute atomic E-state index is 0.0429. The summed E-state index contributed by atoms with van der Waals surface area (Å²) in [4.78, 5) is 22.6. The Morgan fingerprint density at radius 2 is 1.64 bits per heavy atom. The molecule has 0 radical (unpaired) electrons. The predicted octanol–water partition coefficient (Wildman–Crippen LogP) is 4.77. The van der Waals surface area contributed by atoms with Gasteiger partial charge in [0.15, 0.2) is 5.11 Å². The fourth-order valence-corrected chi connectivity index (χ4v) is 2.81. The number of halogens is 4. The lowest BCUT2D eigenvalue weighted by Gasteiger charge is -2.27. The zero-order valence-electron chi connectivity index (χ0n) is 13.8. The first-order valence-electron chi connectivity index (χ1n) is 7.51. The molecule has 0 spiro atoms. The normalized spacial score (nSPS) is 12.0. The van der Waals surface area contributed by atoms with Crippen molar-refractivity contribution in [2.24, 2.45) is 0 Å². The van der Waals surface area contributed by atoms with Crippen molar-refractivity contribution in [3.05, 3.63) is 68.7 Å². The highest BCUT2D eigenvalue weighted by atomic mass is 79.9. The summed E-state index contributed by atoms with van der Waals surface area (Å²) in [6, 6.07) is 12.2. The monoisotopic (exact) mass is 524 g/mol. The number of rotatable bonds is 5. The molecule has 1 atom stereocenters. The Bertz CT molecular complexity index is 876. The fourth-order valence-electron chi connectivity index (χ4n) is 1.98. The number of nitrogens with one attached hydrogen (secondary N) is 3. The van der Waals surface area contributed by atoms with Crippen LogP contribution < -0.4 is 16.0 Å². The number of hydrogen-bond donors (Lipinski definition) is 3. The minimum Gasteiger partial charge on any atom is -0.339 e. The van der Waals surface area contributed by atoms with Gasteiger partial charge in [-0.05, 0) is 48.6 Å². The van der Waals surface area contributed by atoms with E-state index in [1.807, 2.05) is 0 Å². The molecule has 0 bridgehead atoms. The third-order valence-electron chi connectivity index (χ3n) is 3.32. The molecular weight excluding hydrogens is 515 g/mol. The molecule has 0 aromatic heterocycles. The molecule has 28 heavy (non-hydrogen) atoms. The van der Waals surface area contributed by atoms with Gasteiger partial charge < -0.3 is 16.0 Å². The van der Waals surface area contributed by atoms with Crippen LogP contribution in [0, 0.1) is 10.1 Å². The van der Waals surface area contributed by atoms with E-state index in [0.717, 1.165) is 4.47 Å². The minimum atomic E-state index is -1.91. The van der Waals surface area contributed by atoms with Crippen LogP contribution in [0.4, 0.5) is 11.4 Å². The highest BCUT2D eigenvalue weighted by Crippen LogP contribution is 2.29. The second-order valence-electron chi connectivity index (χ2n) is 5.36. The van der Waals surface area contributed by atoms with Crippen LogP contribution in [0.3, 0.4) is 0 Å². The maximum absolute atomic E-state index is 12.4.